The summed E-state index contributed by atoms with van der Waals surface area (Å²) in [6.45, 7) is 0.524. The lowest BCUT2D eigenvalue weighted by atomic mass is 9.65. The number of hydrogen-bond acceptors (Lipinski definition) is 4. The first-order valence-corrected chi connectivity index (χ1v) is 7.18. The number of ether oxygens (including phenoxy) is 1. The Kier molecular flexibility index (Phi) is 2.25. The molecule has 0 bridgehead atoms. The number of aliphatic hydroxyl groups excluding tert-OH is 1. The molecule has 0 aromatic rings. The Morgan fingerprint density at radius 1 is 1.37 bits per heavy atom. The van der Waals surface area contributed by atoms with Gasteiger partial charge in [-0.1, -0.05) is 12.8 Å². The number of carbonyl (C=O) groups excluding carboxylic acids is 1. The van der Waals surface area contributed by atoms with Gasteiger partial charge in [0.1, 0.15) is 0 Å². The van der Waals surface area contributed by atoms with Crippen molar-refractivity contribution in [1.82, 2.24) is 4.90 Å². The fraction of sp³-hybridized carbons (Fsp3) is 0.786. The van der Waals surface area contributed by atoms with E-state index in [9.17, 15) is 15.0 Å². The fourth-order valence-corrected chi connectivity index (χ4v) is 4.73. The van der Waals surface area contributed by atoms with Crippen LogP contribution in [0.4, 0.5) is 0 Å². The van der Waals surface area contributed by atoms with Crippen LogP contribution in [-0.4, -0.2) is 45.2 Å². The van der Waals surface area contributed by atoms with E-state index in [4.69, 9.17) is 4.74 Å². The normalized spacial score (nSPS) is 48.6. The fourth-order valence-electron chi connectivity index (χ4n) is 4.73. The average Bonchev–Trinajstić information content (AvgIpc) is 2.82. The first-order chi connectivity index (χ1) is 9.06. The van der Waals surface area contributed by atoms with E-state index in [-0.39, 0.29) is 17.4 Å². The molecule has 0 radical (unpaired) electrons. The summed E-state index contributed by atoms with van der Waals surface area (Å²) in [5.74, 6) is -0.909. The van der Waals surface area contributed by atoms with Crippen LogP contribution in [0.1, 0.15) is 38.5 Å². The highest BCUT2D eigenvalue weighted by Crippen LogP contribution is 2.57. The number of carbonyl (C=O) groups is 1. The first-order valence-electron chi connectivity index (χ1n) is 7.18. The van der Waals surface area contributed by atoms with E-state index in [0.29, 0.717) is 19.4 Å². The van der Waals surface area contributed by atoms with E-state index < -0.39 is 12.1 Å². The maximum atomic E-state index is 12.3. The Morgan fingerprint density at radius 3 is 3.05 bits per heavy atom. The van der Waals surface area contributed by atoms with Gasteiger partial charge in [0.05, 0.1) is 5.54 Å². The molecule has 3 fully saturated rings. The third-order valence-electron chi connectivity index (χ3n) is 5.43. The molecule has 1 aliphatic carbocycles. The standard InChI is InChI=1S/C14H19NO4/c16-11-7-9-3-1-2-4-13(9)10-8-12(17)19-14(10,18)5-6-15(11)13/h8-9,12,17-18H,1-7H2/t9-,12-,13-,14+/m0/s1. The van der Waals surface area contributed by atoms with E-state index in [2.05, 4.69) is 0 Å². The maximum Gasteiger partial charge on any atom is 0.223 e. The molecule has 4 aliphatic rings. The Labute approximate surface area is 111 Å². The van der Waals surface area contributed by atoms with Gasteiger partial charge in [-0.05, 0) is 24.8 Å². The van der Waals surface area contributed by atoms with Crippen LogP contribution >= 0.6 is 0 Å². The van der Waals surface area contributed by atoms with Crippen LogP contribution in [0.5, 0.6) is 0 Å². The molecule has 3 heterocycles. The smallest absolute Gasteiger partial charge is 0.223 e. The number of nitrogens with zero attached hydrogens (tertiary/aromatic N) is 1. The van der Waals surface area contributed by atoms with Gasteiger partial charge >= 0.3 is 0 Å². The number of amides is 1. The molecule has 1 spiro atoms. The Balaban J connectivity index is 1.87. The quantitative estimate of drug-likeness (QED) is 0.626. The van der Waals surface area contributed by atoms with Gasteiger partial charge in [-0.15, -0.1) is 0 Å². The summed E-state index contributed by atoms with van der Waals surface area (Å²) in [4.78, 5) is 14.2. The van der Waals surface area contributed by atoms with Crippen molar-refractivity contribution in [2.24, 2.45) is 5.92 Å². The SMILES string of the molecule is O=C1C[C@@H]2CCCC[C@@]23C2=C[C@@H](O)O[C@]2(O)CCN13. The highest BCUT2D eigenvalue weighted by atomic mass is 16.7. The second-order valence-corrected chi connectivity index (χ2v) is 6.24. The van der Waals surface area contributed by atoms with Crippen molar-refractivity contribution < 1.29 is 19.7 Å². The van der Waals surface area contributed by atoms with Gasteiger partial charge in [0, 0.05) is 25.0 Å². The second-order valence-electron chi connectivity index (χ2n) is 6.24. The molecule has 4 atom stereocenters. The predicted octanol–water partition coefficient (Wildman–Crippen LogP) is 0.515. The summed E-state index contributed by atoms with van der Waals surface area (Å²) in [6.07, 6.45) is 5.61. The summed E-state index contributed by atoms with van der Waals surface area (Å²) < 4.78 is 5.32. The van der Waals surface area contributed by atoms with Crippen LogP contribution in [0.2, 0.25) is 0 Å². The van der Waals surface area contributed by atoms with Crippen molar-refractivity contribution in [1.29, 1.82) is 0 Å². The molecule has 104 valence electrons. The molecular formula is C14H19NO4. The molecule has 5 nitrogen and oxygen atoms in total. The van der Waals surface area contributed by atoms with Crippen molar-refractivity contribution >= 4 is 5.91 Å². The monoisotopic (exact) mass is 265 g/mol. The van der Waals surface area contributed by atoms with E-state index in [0.717, 1.165) is 31.3 Å². The Morgan fingerprint density at radius 2 is 2.21 bits per heavy atom. The van der Waals surface area contributed by atoms with Crippen LogP contribution in [0.15, 0.2) is 11.6 Å². The highest BCUT2D eigenvalue weighted by molar-refractivity contribution is 5.82. The van der Waals surface area contributed by atoms with Crippen molar-refractivity contribution in [3.05, 3.63) is 11.6 Å². The van der Waals surface area contributed by atoms with E-state index in [1.165, 1.54) is 0 Å². The highest BCUT2D eigenvalue weighted by Gasteiger charge is 2.64. The van der Waals surface area contributed by atoms with Crippen LogP contribution in [0.25, 0.3) is 0 Å². The molecule has 1 amide bonds. The zero-order valence-electron chi connectivity index (χ0n) is 10.8. The number of aliphatic hydroxyl groups is 2. The molecule has 2 N–H and O–H groups in total. The summed E-state index contributed by atoms with van der Waals surface area (Å²) in [5.41, 5.74) is 0.356. The van der Waals surface area contributed by atoms with Gasteiger partial charge < -0.3 is 19.8 Å². The van der Waals surface area contributed by atoms with Crippen molar-refractivity contribution in [2.75, 3.05) is 6.54 Å². The molecule has 0 unspecified atom stereocenters. The Hall–Kier alpha value is -0.910. The molecule has 5 heteroatoms. The van der Waals surface area contributed by atoms with Crippen molar-refractivity contribution in [3.8, 4) is 0 Å². The number of fused-ring (bicyclic) bond motifs is 1. The molecule has 19 heavy (non-hydrogen) atoms. The molecule has 0 aromatic carbocycles. The van der Waals surface area contributed by atoms with Crippen LogP contribution in [0.3, 0.4) is 0 Å². The molecule has 2 saturated heterocycles. The summed E-state index contributed by atoms with van der Waals surface area (Å²) in [5, 5.41) is 20.4. The van der Waals surface area contributed by atoms with Gasteiger partial charge in [-0.25, -0.2) is 0 Å². The average molecular weight is 265 g/mol. The van der Waals surface area contributed by atoms with E-state index in [1.54, 1.807) is 6.08 Å². The van der Waals surface area contributed by atoms with Gasteiger partial charge in [-0.2, -0.15) is 0 Å². The molecule has 0 aromatic heterocycles. The first kappa shape index (κ1) is 11.9. The van der Waals surface area contributed by atoms with E-state index in [1.807, 2.05) is 4.90 Å². The molecular weight excluding hydrogens is 246 g/mol. The zero-order chi connectivity index (χ0) is 13.3. The van der Waals surface area contributed by atoms with Gasteiger partial charge in [-0.3, -0.25) is 4.79 Å². The summed E-state index contributed by atoms with van der Waals surface area (Å²) in [6, 6.07) is 0. The van der Waals surface area contributed by atoms with Crippen LogP contribution in [0, 0.1) is 5.92 Å². The zero-order valence-corrected chi connectivity index (χ0v) is 10.8. The lowest BCUT2D eigenvalue weighted by molar-refractivity contribution is -0.245. The molecule has 3 aliphatic heterocycles. The third kappa shape index (κ3) is 1.33. The largest absolute Gasteiger partial charge is 0.365 e. The lowest BCUT2D eigenvalue weighted by Crippen LogP contribution is -2.61. The molecule has 4 rings (SSSR count). The van der Waals surface area contributed by atoms with Gasteiger partial charge in [0.25, 0.3) is 0 Å². The van der Waals surface area contributed by atoms with Gasteiger partial charge in [0.15, 0.2) is 12.1 Å². The van der Waals surface area contributed by atoms with E-state index >= 15 is 0 Å². The molecule has 1 saturated carbocycles. The maximum absolute atomic E-state index is 12.3. The topological polar surface area (TPSA) is 70.0 Å². The lowest BCUT2D eigenvalue weighted by Gasteiger charge is -2.53. The van der Waals surface area contributed by atoms with Crippen LogP contribution < -0.4 is 0 Å². The van der Waals surface area contributed by atoms with Crippen molar-refractivity contribution in [2.45, 2.75) is 56.1 Å². The number of hydrogen-bond donors (Lipinski definition) is 2. The van der Waals surface area contributed by atoms with Crippen molar-refractivity contribution in [3.63, 3.8) is 0 Å². The predicted molar refractivity (Wildman–Crippen MR) is 65.8 cm³/mol. The van der Waals surface area contributed by atoms with Crippen LogP contribution in [-0.2, 0) is 9.53 Å². The number of piperidine rings is 1. The third-order valence-corrected chi connectivity index (χ3v) is 5.43. The summed E-state index contributed by atoms with van der Waals surface area (Å²) >= 11 is 0. The number of rotatable bonds is 0. The minimum atomic E-state index is -1.36. The van der Waals surface area contributed by atoms with Gasteiger partial charge in [0.2, 0.25) is 5.91 Å². The second kappa shape index (κ2) is 3.59. The minimum absolute atomic E-state index is 0.191. The Bertz CT molecular complexity index is 476. The minimum Gasteiger partial charge on any atom is -0.365 e. The summed E-state index contributed by atoms with van der Waals surface area (Å²) in [7, 11) is 0.